The van der Waals surface area contributed by atoms with Crippen molar-refractivity contribution in [3.8, 4) is 22.6 Å². The third kappa shape index (κ3) is 2.17. The highest BCUT2D eigenvalue weighted by Crippen LogP contribution is 2.40. The van der Waals surface area contributed by atoms with Gasteiger partial charge in [0, 0.05) is 21.9 Å². The normalized spacial score (nSPS) is 11.1. The van der Waals surface area contributed by atoms with Gasteiger partial charge in [-0.1, -0.05) is 12.1 Å². The van der Waals surface area contributed by atoms with Crippen LogP contribution in [-0.2, 0) is 0 Å². The first-order chi connectivity index (χ1) is 11.7. The highest BCUT2D eigenvalue weighted by atomic mass is 32.1. The Morgan fingerprint density at radius 2 is 1.92 bits per heavy atom. The van der Waals surface area contributed by atoms with Crippen molar-refractivity contribution in [2.45, 2.75) is 0 Å². The summed E-state index contributed by atoms with van der Waals surface area (Å²) in [5, 5.41) is 3.86. The molecule has 0 radical (unpaired) electrons. The average Bonchev–Trinajstić information content (AvgIpc) is 3.11. The molecule has 2 aromatic carbocycles. The molecule has 2 aromatic heterocycles. The lowest BCUT2D eigenvalue weighted by molar-refractivity contribution is 0.414. The van der Waals surface area contributed by atoms with Gasteiger partial charge in [0.2, 0.25) is 0 Å². The summed E-state index contributed by atoms with van der Waals surface area (Å²) < 4.78 is 11.7. The molecular formula is C19H15NO3S. The van der Waals surface area contributed by atoms with Gasteiger partial charge in [0.15, 0.2) is 0 Å². The molecule has 4 nitrogen and oxygen atoms in total. The number of aromatic nitrogens is 1. The molecular weight excluding hydrogens is 322 g/mol. The van der Waals surface area contributed by atoms with Crippen LogP contribution in [0.15, 0.2) is 52.6 Å². The second kappa shape index (κ2) is 5.69. The SMILES string of the molecule is COc1cccc(-c2c(OC)ccc3[nH]c(=O)c4sccc4c23)c1. The summed E-state index contributed by atoms with van der Waals surface area (Å²) >= 11 is 1.44. The Labute approximate surface area is 142 Å². The molecule has 5 heteroatoms. The van der Waals surface area contributed by atoms with E-state index in [0.717, 1.165) is 43.6 Å². The number of pyridine rings is 1. The smallest absolute Gasteiger partial charge is 0.266 e. The molecule has 120 valence electrons. The number of fused-ring (bicyclic) bond motifs is 3. The molecule has 0 amide bonds. The highest BCUT2D eigenvalue weighted by Gasteiger charge is 2.16. The quantitative estimate of drug-likeness (QED) is 0.602. The van der Waals surface area contributed by atoms with Gasteiger partial charge >= 0.3 is 0 Å². The Bertz CT molecular complexity index is 1110. The van der Waals surface area contributed by atoms with Crippen molar-refractivity contribution in [2.24, 2.45) is 0 Å². The van der Waals surface area contributed by atoms with E-state index >= 15 is 0 Å². The van der Waals surface area contributed by atoms with E-state index in [0.29, 0.717) is 0 Å². The molecule has 24 heavy (non-hydrogen) atoms. The zero-order chi connectivity index (χ0) is 16.7. The fourth-order valence-electron chi connectivity index (χ4n) is 3.06. The van der Waals surface area contributed by atoms with Gasteiger partial charge in [-0.2, -0.15) is 0 Å². The Hall–Kier alpha value is -2.79. The lowest BCUT2D eigenvalue weighted by Gasteiger charge is -2.14. The first-order valence-corrected chi connectivity index (χ1v) is 8.35. The monoisotopic (exact) mass is 337 g/mol. The predicted octanol–water partition coefficient (Wildman–Crippen LogP) is 4.43. The minimum absolute atomic E-state index is 0.0609. The topological polar surface area (TPSA) is 51.3 Å². The third-order valence-electron chi connectivity index (χ3n) is 4.13. The Morgan fingerprint density at radius 1 is 1.04 bits per heavy atom. The second-order valence-corrected chi connectivity index (χ2v) is 6.33. The number of hydrogen-bond acceptors (Lipinski definition) is 4. The van der Waals surface area contributed by atoms with E-state index in [1.807, 2.05) is 47.8 Å². The number of methoxy groups -OCH3 is 2. The highest BCUT2D eigenvalue weighted by molar-refractivity contribution is 7.17. The van der Waals surface area contributed by atoms with Gasteiger partial charge in [0.05, 0.1) is 14.2 Å². The van der Waals surface area contributed by atoms with Crippen LogP contribution >= 0.6 is 11.3 Å². The zero-order valence-corrected chi connectivity index (χ0v) is 14.1. The average molecular weight is 337 g/mol. The van der Waals surface area contributed by atoms with E-state index in [-0.39, 0.29) is 5.56 Å². The van der Waals surface area contributed by atoms with Gasteiger partial charge in [-0.15, -0.1) is 11.3 Å². The lowest BCUT2D eigenvalue weighted by Crippen LogP contribution is -2.05. The van der Waals surface area contributed by atoms with Gasteiger partial charge in [0.25, 0.3) is 5.56 Å². The second-order valence-electron chi connectivity index (χ2n) is 5.41. The summed E-state index contributed by atoms with van der Waals surface area (Å²) in [7, 11) is 3.30. The standard InChI is InChI=1S/C19H15NO3S/c1-22-12-5-3-4-11(10-12)16-15(23-2)7-6-14-17(16)13-8-9-24-18(13)19(21)20-14/h3-10H,1-2H3,(H,20,21). The first-order valence-electron chi connectivity index (χ1n) is 7.47. The van der Waals surface area contributed by atoms with Crippen LogP contribution in [0.5, 0.6) is 11.5 Å². The largest absolute Gasteiger partial charge is 0.497 e. The maximum atomic E-state index is 12.3. The summed E-state index contributed by atoms with van der Waals surface area (Å²) in [5.41, 5.74) is 2.67. The van der Waals surface area contributed by atoms with Crippen LogP contribution in [0.2, 0.25) is 0 Å². The predicted molar refractivity (Wildman–Crippen MR) is 98.5 cm³/mol. The summed E-state index contributed by atoms with van der Waals surface area (Å²) in [6.07, 6.45) is 0. The molecule has 0 atom stereocenters. The number of thiophene rings is 1. The maximum absolute atomic E-state index is 12.3. The Kier molecular flexibility index (Phi) is 3.50. The molecule has 0 saturated heterocycles. The fraction of sp³-hybridized carbons (Fsp3) is 0.105. The van der Waals surface area contributed by atoms with E-state index < -0.39 is 0 Å². The van der Waals surface area contributed by atoms with Crippen molar-refractivity contribution in [1.29, 1.82) is 0 Å². The molecule has 0 unspecified atom stereocenters. The molecule has 0 spiro atoms. The van der Waals surface area contributed by atoms with Gasteiger partial charge in [-0.05, 0) is 41.3 Å². The van der Waals surface area contributed by atoms with Gasteiger partial charge < -0.3 is 14.5 Å². The molecule has 1 N–H and O–H groups in total. The number of nitrogens with one attached hydrogen (secondary N) is 1. The minimum Gasteiger partial charge on any atom is -0.497 e. The molecule has 4 aromatic rings. The van der Waals surface area contributed by atoms with Crippen LogP contribution in [0.1, 0.15) is 0 Å². The lowest BCUT2D eigenvalue weighted by atomic mass is 9.97. The third-order valence-corrected chi connectivity index (χ3v) is 5.05. The molecule has 0 saturated carbocycles. The molecule has 0 aliphatic heterocycles. The number of H-pyrrole nitrogens is 1. The molecule has 0 aliphatic rings. The van der Waals surface area contributed by atoms with Gasteiger partial charge in [-0.25, -0.2) is 0 Å². The molecule has 0 bridgehead atoms. The van der Waals surface area contributed by atoms with Crippen molar-refractivity contribution in [2.75, 3.05) is 14.2 Å². The Balaban J connectivity index is 2.19. The van der Waals surface area contributed by atoms with Gasteiger partial charge in [-0.3, -0.25) is 4.79 Å². The molecule has 0 fully saturated rings. The van der Waals surface area contributed by atoms with Crippen molar-refractivity contribution in [3.05, 3.63) is 58.2 Å². The van der Waals surface area contributed by atoms with Crippen LogP contribution in [-0.4, -0.2) is 19.2 Å². The van der Waals surface area contributed by atoms with E-state index in [1.54, 1.807) is 14.2 Å². The molecule has 2 heterocycles. The van der Waals surface area contributed by atoms with E-state index in [2.05, 4.69) is 4.98 Å². The van der Waals surface area contributed by atoms with Crippen LogP contribution in [0, 0.1) is 0 Å². The molecule has 0 aliphatic carbocycles. The summed E-state index contributed by atoms with van der Waals surface area (Å²) in [6.45, 7) is 0. The van der Waals surface area contributed by atoms with Crippen molar-refractivity contribution < 1.29 is 9.47 Å². The first kappa shape index (κ1) is 14.8. The molecule has 4 rings (SSSR count). The minimum atomic E-state index is -0.0609. The van der Waals surface area contributed by atoms with Gasteiger partial charge in [0.1, 0.15) is 16.2 Å². The number of benzene rings is 2. The number of hydrogen-bond donors (Lipinski definition) is 1. The van der Waals surface area contributed by atoms with Crippen LogP contribution in [0.4, 0.5) is 0 Å². The van der Waals surface area contributed by atoms with E-state index in [1.165, 1.54) is 11.3 Å². The van der Waals surface area contributed by atoms with Crippen LogP contribution < -0.4 is 15.0 Å². The van der Waals surface area contributed by atoms with Crippen LogP contribution in [0.3, 0.4) is 0 Å². The summed E-state index contributed by atoms with van der Waals surface area (Å²) in [5.74, 6) is 1.54. The van der Waals surface area contributed by atoms with E-state index in [9.17, 15) is 4.79 Å². The van der Waals surface area contributed by atoms with Crippen molar-refractivity contribution in [1.82, 2.24) is 4.98 Å². The summed E-state index contributed by atoms with van der Waals surface area (Å²) in [4.78, 5) is 15.2. The fourth-order valence-corrected chi connectivity index (χ4v) is 3.86. The Morgan fingerprint density at radius 3 is 2.71 bits per heavy atom. The van der Waals surface area contributed by atoms with Crippen molar-refractivity contribution >= 4 is 32.3 Å². The number of ether oxygens (including phenoxy) is 2. The zero-order valence-electron chi connectivity index (χ0n) is 13.3. The number of aromatic amines is 1. The summed E-state index contributed by atoms with van der Waals surface area (Å²) in [6, 6.07) is 13.6. The maximum Gasteiger partial charge on any atom is 0.266 e. The van der Waals surface area contributed by atoms with Crippen LogP contribution in [0.25, 0.3) is 32.1 Å². The van der Waals surface area contributed by atoms with E-state index in [4.69, 9.17) is 9.47 Å². The number of rotatable bonds is 3. The van der Waals surface area contributed by atoms with Crippen molar-refractivity contribution in [3.63, 3.8) is 0 Å².